The summed E-state index contributed by atoms with van der Waals surface area (Å²) in [6.45, 7) is 5.64. The third kappa shape index (κ3) is 5.86. The van der Waals surface area contributed by atoms with E-state index in [0.29, 0.717) is 32.6 Å². The average Bonchev–Trinajstić information content (AvgIpc) is 2.98. The summed E-state index contributed by atoms with van der Waals surface area (Å²) in [6, 6.07) is 5.91. The van der Waals surface area contributed by atoms with E-state index in [0.717, 1.165) is 32.1 Å². The van der Waals surface area contributed by atoms with Crippen LogP contribution in [0.1, 0.15) is 12.2 Å². The number of nitrogens with zero attached hydrogens (tertiary/aromatic N) is 3. The van der Waals surface area contributed by atoms with Crippen LogP contribution in [0.15, 0.2) is 22.8 Å². The molecule has 0 saturated carbocycles. The molecule has 2 rings (SSSR count). The van der Waals surface area contributed by atoms with Crippen LogP contribution < -0.4 is 0 Å². The number of hydrogen-bond acceptors (Lipinski definition) is 6. The molecule has 1 fully saturated rings. The number of aliphatic hydroxyl groups excluding tert-OH is 1. The summed E-state index contributed by atoms with van der Waals surface area (Å²) in [5.41, 5.74) is 0. The van der Waals surface area contributed by atoms with Crippen LogP contribution in [0, 0.1) is 11.3 Å². The van der Waals surface area contributed by atoms with Crippen LogP contribution in [0.2, 0.25) is 0 Å². The first-order valence-electron chi connectivity index (χ1n) is 7.38. The van der Waals surface area contributed by atoms with Gasteiger partial charge >= 0.3 is 0 Å². The van der Waals surface area contributed by atoms with Crippen LogP contribution in [-0.2, 0) is 11.3 Å². The van der Waals surface area contributed by atoms with E-state index in [4.69, 9.17) is 14.4 Å². The van der Waals surface area contributed by atoms with Crippen molar-refractivity contribution in [3.8, 4) is 6.07 Å². The van der Waals surface area contributed by atoms with E-state index in [9.17, 15) is 5.11 Å². The summed E-state index contributed by atoms with van der Waals surface area (Å²) < 4.78 is 10.6. The standard InChI is InChI=1S/C15H23N3O3/c16-4-2-5-18(13-15-3-1-8-21-15)12-14(19)11-17-6-9-20-10-7-17/h1,3,8,14,19H,2,5-7,9-13H2. The number of aliphatic hydroxyl groups is 1. The Morgan fingerprint density at radius 1 is 1.43 bits per heavy atom. The fourth-order valence-electron chi connectivity index (χ4n) is 2.50. The van der Waals surface area contributed by atoms with E-state index < -0.39 is 6.10 Å². The SMILES string of the molecule is N#CCCN(Cc1ccco1)CC(O)CN1CCOCC1. The maximum atomic E-state index is 10.3. The second kappa shape index (κ2) is 8.80. The van der Waals surface area contributed by atoms with Gasteiger partial charge in [0.25, 0.3) is 0 Å². The highest BCUT2D eigenvalue weighted by Gasteiger charge is 2.18. The van der Waals surface area contributed by atoms with Gasteiger partial charge in [-0.2, -0.15) is 5.26 Å². The second-order valence-electron chi connectivity index (χ2n) is 5.29. The van der Waals surface area contributed by atoms with Gasteiger partial charge in [0.1, 0.15) is 5.76 Å². The van der Waals surface area contributed by atoms with Gasteiger partial charge in [-0.3, -0.25) is 9.80 Å². The third-order valence-electron chi connectivity index (χ3n) is 3.54. The fourth-order valence-corrected chi connectivity index (χ4v) is 2.50. The molecule has 6 nitrogen and oxygen atoms in total. The van der Waals surface area contributed by atoms with Gasteiger partial charge in [0.2, 0.25) is 0 Å². The Hall–Kier alpha value is -1.39. The van der Waals surface area contributed by atoms with Crippen molar-refractivity contribution >= 4 is 0 Å². The van der Waals surface area contributed by atoms with E-state index in [1.165, 1.54) is 0 Å². The van der Waals surface area contributed by atoms with E-state index in [2.05, 4.69) is 15.9 Å². The van der Waals surface area contributed by atoms with E-state index in [1.807, 2.05) is 12.1 Å². The van der Waals surface area contributed by atoms with Crippen molar-refractivity contribution in [3.63, 3.8) is 0 Å². The Balaban J connectivity index is 1.80. The lowest BCUT2D eigenvalue weighted by Gasteiger charge is -2.30. The summed E-state index contributed by atoms with van der Waals surface area (Å²) in [5, 5.41) is 19.0. The molecule has 0 aromatic carbocycles. The molecule has 1 aromatic rings. The van der Waals surface area contributed by atoms with Gasteiger partial charge < -0.3 is 14.3 Å². The highest BCUT2D eigenvalue weighted by molar-refractivity contribution is 4.98. The smallest absolute Gasteiger partial charge is 0.117 e. The maximum Gasteiger partial charge on any atom is 0.117 e. The average molecular weight is 293 g/mol. The second-order valence-corrected chi connectivity index (χ2v) is 5.29. The van der Waals surface area contributed by atoms with Crippen LogP contribution in [0.25, 0.3) is 0 Å². The summed E-state index contributed by atoms with van der Waals surface area (Å²) in [6.07, 6.45) is 1.66. The molecule has 21 heavy (non-hydrogen) atoms. The van der Waals surface area contributed by atoms with Gasteiger partial charge in [-0.15, -0.1) is 0 Å². The molecule has 116 valence electrons. The van der Waals surface area contributed by atoms with Gasteiger partial charge in [0.05, 0.1) is 38.2 Å². The van der Waals surface area contributed by atoms with Crippen molar-refractivity contribution in [2.45, 2.75) is 19.1 Å². The van der Waals surface area contributed by atoms with Gasteiger partial charge in [0.15, 0.2) is 0 Å². The molecular weight excluding hydrogens is 270 g/mol. The lowest BCUT2D eigenvalue weighted by molar-refractivity contribution is 0.00599. The Labute approximate surface area is 125 Å². The molecule has 1 aliphatic rings. The van der Waals surface area contributed by atoms with E-state index in [1.54, 1.807) is 6.26 Å². The monoisotopic (exact) mass is 293 g/mol. The molecule has 0 radical (unpaired) electrons. The van der Waals surface area contributed by atoms with Gasteiger partial charge in [-0.1, -0.05) is 0 Å². The zero-order valence-corrected chi connectivity index (χ0v) is 12.3. The molecule has 1 aromatic heterocycles. The number of hydrogen-bond donors (Lipinski definition) is 1. The normalized spacial score (nSPS) is 17.8. The number of rotatable bonds is 8. The minimum atomic E-state index is -0.434. The maximum absolute atomic E-state index is 10.3. The molecular formula is C15H23N3O3. The minimum absolute atomic E-state index is 0.434. The molecule has 1 aliphatic heterocycles. The van der Waals surface area contributed by atoms with Crippen LogP contribution >= 0.6 is 0 Å². The first-order chi connectivity index (χ1) is 10.3. The van der Waals surface area contributed by atoms with Gasteiger partial charge in [-0.25, -0.2) is 0 Å². The molecule has 2 heterocycles. The zero-order valence-electron chi connectivity index (χ0n) is 12.3. The Bertz CT molecular complexity index is 424. The number of ether oxygens (including phenoxy) is 1. The first kappa shape index (κ1) is 16.0. The van der Waals surface area contributed by atoms with E-state index >= 15 is 0 Å². The summed E-state index contributed by atoms with van der Waals surface area (Å²) >= 11 is 0. The largest absolute Gasteiger partial charge is 0.468 e. The third-order valence-corrected chi connectivity index (χ3v) is 3.54. The lowest BCUT2D eigenvalue weighted by Crippen LogP contribution is -2.44. The Morgan fingerprint density at radius 3 is 2.90 bits per heavy atom. The Morgan fingerprint density at radius 2 is 2.24 bits per heavy atom. The minimum Gasteiger partial charge on any atom is -0.468 e. The van der Waals surface area contributed by atoms with Crippen molar-refractivity contribution in [2.75, 3.05) is 45.9 Å². The summed E-state index contributed by atoms with van der Waals surface area (Å²) in [7, 11) is 0. The topological polar surface area (TPSA) is 72.9 Å². The van der Waals surface area contributed by atoms with Crippen molar-refractivity contribution in [2.24, 2.45) is 0 Å². The zero-order chi connectivity index (χ0) is 14.9. The van der Waals surface area contributed by atoms with Crippen molar-refractivity contribution in [1.82, 2.24) is 9.80 Å². The highest BCUT2D eigenvalue weighted by Crippen LogP contribution is 2.08. The molecule has 0 spiro atoms. The number of β-amino-alcohol motifs (C(OH)–C–C–N with tert-alkyl or cyclic N) is 1. The molecule has 0 aliphatic carbocycles. The predicted octanol–water partition coefficient (Wildman–Crippen LogP) is 0.688. The highest BCUT2D eigenvalue weighted by atomic mass is 16.5. The van der Waals surface area contributed by atoms with E-state index in [-0.39, 0.29) is 0 Å². The molecule has 1 saturated heterocycles. The van der Waals surface area contributed by atoms with Crippen LogP contribution in [0.3, 0.4) is 0 Å². The molecule has 1 N–H and O–H groups in total. The quantitative estimate of drug-likeness (QED) is 0.760. The van der Waals surface area contributed by atoms with Gasteiger partial charge in [-0.05, 0) is 12.1 Å². The van der Waals surface area contributed by atoms with Crippen molar-refractivity contribution in [1.29, 1.82) is 5.26 Å². The molecule has 1 unspecified atom stereocenters. The molecule has 0 amide bonds. The molecule has 6 heteroatoms. The number of morpholine rings is 1. The summed E-state index contributed by atoms with van der Waals surface area (Å²) in [5.74, 6) is 0.853. The van der Waals surface area contributed by atoms with Crippen molar-refractivity contribution in [3.05, 3.63) is 24.2 Å². The van der Waals surface area contributed by atoms with Crippen LogP contribution in [-0.4, -0.2) is 66.9 Å². The fraction of sp³-hybridized carbons (Fsp3) is 0.667. The number of furan rings is 1. The number of nitriles is 1. The van der Waals surface area contributed by atoms with Crippen molar-refractivity contribution < 1.29 is 14.3 Å². The molecule has 1 atom stereocenters. The van der Waals surface area contributed by atoms with Crippen LogP contribution in [0.4, 0.5) is 0 Å². The summed E-state index contributed by atoms with van der Waals surface area (Å²) in [4.78, 5) is 4.27. The predicted molar refractivity (Wildman–Crippen MR) is 77.5 cm³/mol. The lowest BCUT2D eigenvalue weighted by atomic mass is 10.2. The van der Waals surface area contributed by atoms with Gasteiger partial charge in [0, 0.05) is 39.1 Å². The first-order valence-corrected chi connectivity index (χ1v) is 7.38. The Kier molecular flexibility index (Phi) is 6.70. The van der Waals surface area contributed by atoms with Crippen LogP contribution in [0.5, 0.6) is 0 Å². The molecule has 0 bridgehead atoms.